The number of unbranched alkanes of at least 4 members (excludes halogenated alkanes) is 8. The molecule has 0 fully saturated rings. The number of carboxylic acids is 1. The van der Waals surface area contributed by atoms with Crippen molar-refractivity contribution in [1.29, 1.82) is 0 Å². The molecule has 3 nitrogen and oxygen atoms in total. The fraction of sp³-hybridized carbons (Fsp3) is 0.938. The minimum Gasteiger partial charge on any atom is -0.481 e. The van der Waals surface area contributed by atoms with Gasteiger partial charge in [-0.3, -0.25) is 4.79 Å². The van der Waals surface area contributed by atoms with Gasteiger partial charge in [0, 0.05) is 6.42 Å². The molecule has 0 spiro atoms. The third-order valence-electron chi connectivity index (χ3n) is 3.57. The normalized spacial score (nSPS) is 12.5. The Morgan fingerprint density at radius 3 is 1.84 bits per heavy atom. The van der Waals surface area contributed by atoms with Gasteiger partial charge >= 0.3 is 5.97 Å². The van der Waals surface area contributed by atoms with Crippen LogP contribution < -0.4 is 0 Å². The van der Waals surface area contributed by atoms with Crippen molar-refractivity contribution in [2.45, 2.75) is 96.5 Å². The second kappa shape index (κ2) is 13.9. The van der Waals surface area contributed by atoms with Crippen LogP contribution in [0.4, 0.5) is 0 Å². The van der Waals surface area contributed by atoms with Gasteiger partial charge in [0.1, 0.15) is 0 Å². The highest BCUT2D eigenvalue weighted by molar-refractivity contribution is 5.66. The molecule has 0 aliphatic rings. The van der Waals surface area contributed by atoms with Crippen molar-refractivity contribution in [2.75, 3.05) is 0 Å². The summed E-state index contributed by atoms with van der Waals surface area (Å²) >= 11 is 0. The summed E-state index contributed by atoms with van der Waals surface area (Å²) in [6.07, 6.45) is 13.5. The van der Waals surface area contributed by atoms with Gasteiger partial charge in [0.05, 0.1) is 6.10 Å². The maximum atomic E-state index is 10.3. The smallest absolute Gasteiger partial charge is 0.303 e. The van der Waals surface area contributed by atoms with Crippen LogP contribution in [-0.4, -0.2) is 22.3 Å². The van der Waals surface area contributed by atoms with Gasteiger partial charge in [-0.1, -0.05) is 64.7 Å². The van der Waals surface area contributed by atoms with E-state index in [1.807, 2.05) is 0 Å². The van der Waals surface area contributed by atoms with E-state index >= 15 is 0 Å². The number of aliphatic hydroxyl groups excluding tert-OH is 1. The molecule has 0 aliphatic carbocycles. The van der Waals surface area contributed by atoms with Gasteiger partial charge < -0.3 is 10.2 Å². The summed E-state index contributed by atoms with van der Waals surface area (Å²) in [5, 5.41) is 18.2. The lowest BCUT2D eigenvalue weighted by Gasteiger charge is -2.09. The summed E-state index contributed by atoms with van der Waals surface area (Å²) in [4.78, 5) is 10.3. The molecule has 0 saturated heterocycles. The topological polar surface area (TPSA) is 57.5 Å². The molecule has 0 saturated carbocycles. The Morgan fingerprint density at radius 1 is 0.842 bits per heavy atom. The van der Waals surface area contributed by atoms with Crippen LogP contribution in [0.1, 0.15) is 90.4 Å². The van der Waals surface area contributed by atoms with Crippen molar-refractivity contribution < 1.29 is 15.0 Å². The van der Waals surface area contributed by atoms with Gasteiger partial charge in [0.15, 0.2) is 0 Å². The Kier molecular flexibility index (Phi) is 13.4. The van der Waals surface area contributed by atoms with E-state index in [0.29, 0.717) is 12.8 Å². The Bertz CT molecular complexity index is 204. The predicted octanol–water partition coefficient (Wildman–Crippen LogP) is 4.52. The molecule has 0 rings (SSSR count). The van der Waals surface area contributed by atoms with Crippen LogP contribution in [0.2, 0.25) is 0 Å². The SMILES string of the molecule is CCCCCCCCCCC[C@@H](O)CCCC(=O)O. The third-order valence-corrected chi connectivity index (χ3v) is 3.57. The maximum Gasteiger partial charge on any atom is 0.303 e. The zero-order chi connectivity index (χ0) is 14.3. The Hall–Kier alpha value is -0.570. The van der Waals surface area contributed by atoms with E-state index in [1.165, 1.54) is 51.4 Å². The van der Waals surface area contributed by atoms with Crippen LogP contribution >= 0.6 is 0 Å². The number of carboxylic acid groups (broad SMARTS) is 1. The lowest BCUT2D eigenvalue weighted by atomic mass is 10.0. The molecule has 114 valence electrons. The lowest BCUT2D eigenvalue weighted by Crippen LogP contribution is -2.07. The van der Waals surface area contributed by atoms with E-state index in [2.05, 4.69) is 6.92 Å². The Balaban J connectivity index is 3.14. The lowest BCUT2D eigenvalue weighted by molar-refractivity contribution is -0.137. The average Bonchev–Trinajstić information content (AvgIpc) is 2.36. The van der Waals surface area contributed by atoms with Crippen LogP contribution in [0.15, 0.2) is 0 Å². The van der Waals surface area contributed by atoms with E-state index in [1.54, 1.807) is 0 Å². The first-order chi connectivity index (χ1) is 9.16. The molecule has 0 aromatic heterocycles. The molecule has 0 amide bonds. The van der Waals surface area contributed by atoms with Gasteiger partial charge in [-0.25, -0.2) is 0 Å². The Morgan fingerprint density at radius 2 is 1.32 bits per heavy atom. The first kappa shape index (κ1) is 18.4. The molecule has 0 unspecified atom stereocenters. The molecule has 2 N–H and O–H groups in total. The molecule has 1 atom stereocenters. The zero-order valence-corrected chi connectivity index (χ0v) is 12.6. The second-order valence-electron chi connectivity index (χ2n) is 5.56. The summed E-state index contributed by atoms with van der Waals surface area (Å²) in [6.45, 7) is 2.24. The highest BCUT2D eigenvalue weighted by atomic mass is 16.4. The van der Waals surface area contributed by atoms with Gasteiger partial charge in [-0.2, -0.15) is 0 Å². The van der Waals surface area contributed by atoms with E-state index in [-0.39, 0.29) is 12.5 Å². The number of aliphatic carboxylic acids is 1. The molecular weight excluding hydrogens is 240 g/mol. The van der Waals surface area contributed by atoms with Crippen LogP contribution in [0.5, 0.6) is 0 Å². The van der Waals surface area contributed by atoms with Crippen LogP contribution in [-0.2, 0) is 4.79 Å². The molecular formula is C16H32O3. The van der Waals surface area contributed by atoms with E-state index in [0.717, 1.165) is 12.8 Å². The van der Waals surface area contributed by atoms with Gasteiger partial charge in [-0.15, -0.1) is 0 Å². The maximum absolute atomic E-state index is 10.3. The minimum atomic E-state index is -0.768. The number of aliphatic hydroxyl groups is 1. The number of rotatable bonds is 14. The third kappa shape index (κ3) is 15.4. The van der Waals surface area contributed by atoms with E-state index in [4.69, 9.17) is 5.11 Å². The summed E-state index contributed by atoms with van der Waals surface area (Å²) in [6, 6.07) is 0. The standard InChI is InChI=1S/C16H32O3/c1-2-3-4-5-6-7-8-9-10-12-15(17)13-11-14-16(18)19/h15,17H,2-14H2,1H3,(H,18,19)/t15-/m1/s1. The minimum absolute atomic E-state index is 0.175. The molecule has 0 aromatic carbocycles. The van der Waals surface area contributed by atoms with Gasteiger partial charge in [0.2, 0.25) is 0 Å². The average molecular weight is 272 g/mol. The highest BCUT2D eigenvalue weighted by Crippen LogP contribution is 2.13. The van der Waals surface area contributed by atoms with E-state index < -0.39 is 5.97 Å². The summed E-state index contributed by atoms with van der Waals surface area (Å²) in [5.74, 6) is -0.768. The fourth-order valence-electron chi connectivity index (χ4n) is 2.32. The van der Waals surface area contributed by atoms with Crippen molar-refractivity contribution >= 4 is 5.97 Å². The second-order valence-corrected chi connectivity index (χ2v) is 5.56. The zero-order valence-electron chi connectivity index (χ0n) is 12.6. The van der Waals surface area contributed by atoms with Gasteiger partial charge in [0.25, 0.3) is 0 Å². The number of carbonyl (C=O) groups is 1. The monoisotopic (exact) mass is 272 g/mol. The summed E-state index contributed by atoms with van der Waals surface area (Å²) < 4.78 is 0. The summed E-state index contributed by atoms with van der Waals surface area (Å²) in [7, 11) is 0. The molecule has 0 aromatic rings. The molecule has 0 heterocycles. The van der Waals surface area contributed by atoms with Crippen molar-refractivity contribution in [3.05, 3.63) is 0 Å². The van der Waals surface area contributed by atoms with Crippen molar-refractivity contribution in [3.63, 3.8) is 0 Å². The van der Waals surface area contributed by atoms with E-state index in [9.17, 15) is 9.90 Å². The Labute approximate surface area is 118 Å². The van der Waals surface area contributed by atoms with Crippen LogP contribution in [0.25, 0.3) is 0 Å². The van der Waals surface area contributed by atoms with Crippen LogP contribution in [0.3, 0.4) is 0 Å². The van der Waals surface area contributed by atoms with Gasteiger partial charge in [-0.05, 0) is 19.3 Å². The molecule has 0 radical (unpaired) electrons. The fourth-order valence-corrected chi connectivity index (χ4v) is 2.32. The van der Waals surface area contributed by atoms with Crippen molar-refractivity contribution in [1.82, 2.24) is 0 Å². The first-order valence-corrected chi connectivity index (χ1v) is 8.06. The molecule has 3 heteroatoms. The quantitative estimate of drug-likeness (QED) is 0.457. The molecule has 19 heavy (non-hydrogen) atoms. The molecule has 0 aliphatic heterocycles. The highest BCUT2D eigenvalue weighted by Gasteiger charge is 2.05. The number of hydrogen-bond acceptors (Lipinski definition) is 2. The van der Waals surface area contributed by atoms with Crippen LogP contribution in [0, 0.1) is 0 Å². The largest absolute Gasteiger partial charge is 0.481 e. The van der Waals surface area contributed by atoms with Crippen molar-refractivity contribution in [3.8, 4) is 0 Å². The van der Waals surface area contributed by atoms with Crippen molar-refractivity contribution in [2.24, 2.45) is 0 Å². The predicted molar refractivity (Wildman–Crippen MR) is 79.3 cm³/mol. The number of hydrogen-bond donors (Lipinski definition) is 2. The summed E-state index contributed by atoms with van der Waals surface area (Å²) in [5.41, 5.74) is 0. The molecule has 0 bridgehead atoms. The first-order valence-electron chi connectivity index (χ1n) is 8.06.